The van der Waals surface area contributed by atoms with Crippen LogP contribution in [0.1, 0.15) is 75.9 Å². The third-order valence-corrected chi connectivity index (χ3v) is 7.91. The summed E-state index contributed by atoms with van der Waals surface area (Å²) in [6.45, 7) is 12.0. The van der Waals surface area contributed by atoms with E-state index in [1.807, 2.05) is 18.2 Å². The molecule has 1 aliphatic rings. The van der Waals surface area contributed by atoms with Gasteiger partial charge in [-0.05, 0) is 117 Å². The van der Waals surface area contributed by atoms with Crippen LogP contribution in [0.25, 0.3) is 0 Å². The highest BCUT2D eigenvalue weighted by Gasteiger charge is 2.24. The van der Waals surface area contributed by atoms with Crippen molar-refractivity contribution in [3.8, 4) is 11.5 Å². The number of amides is 2. The Balaban J connectivity index is 1.48. The molecule has 1 aliphatic heterocycles. The minimum Gasteiger partial charge on any atom is -0.488 e. The van der Waals surface area contributed by atoms with E-state index in [4.69, 9.17) is 36.0 Å². The predicted molar refractivity (Wildman–Crippen MR) is 198 cm³/mol. The van der Waals surface area contributed by atoms with Crippen molar-refractivity contribution in [2.45, 2.75) is 78.2 Å². The first-order chi connectivity index (χ1) is 24.0. The first-order valence-electron chi connectivity index (χ1n) is 16.8. The zero-order chi connectivity index (χ0) is 37.3. The molecule has 3 aromatic carbocycles. The lowest BCUT2D eigenvalue weighted by molar-refractivity contribution is -0.157. The molecule has 4 rings (SSSR count). The number of carbonyl (C=O) groups excluding carboxylic acids is 3. The summed E-state index contributed by atoms with van der Waals surface area (Å²) in [6, 6.07) is 17.2. The van der Waals surface area contributed by atoms with Gasteiger partial charge in [0.15, 0.2) is 18.1 Å². The van der Waals surface area contributed by atoms with Crippen LogP contribution in [0.3, 0.4) is 0 Å². The van der Waals surface area contributed by atoms with Crippen molar-refractivity contribution in [3.05, 3.63) is 82.4 Å². The van der Waals surface area contributed by atoms with Gasteiger partial charge < -0.3 is 34.5 Å². The van der Waals surface area contributed by atoms with Crippen LogP contribution in [-0.2, 0) is 20.8 Å². The van der Waals surface area contributed by atoms with Crippen LogP contribution in [0.15, 0.2) is 60.7 Å². The topological polar surface area (TPSA) is 151 Å². The number of hydrogen-bond donors (Lipinski definition) is 4. The third kappa shape index (κ3) is 12.2. The van der Waals surface area contributed by atoms with E-state index in [1.165, 1.54) is 0 Å². The van der Waals surface area contributed by atoms with Crippen LogP contribution >= 0.6 is 11.6 Å². The average Bonchev–Trinajstić information content (AvgIpc) is 3.45. The van der Waals surface area contributed by atoms with Gasteiger partial charge in [-0.3, -0.25) is 15.5 Å². The Morgan fingerprint density at radius 2 is 1.65 bits per heavy atom. The van der Waals surface area contributed by atoms with E-state index in [9.17, 15) is 14.4 Å². The molecule has 0 bridgehead atoms. The molecule has 51 heavy (non-hydrogen) atoms. The van der Waals surface area contributed by atoms with Crippen molar-refractivity contribution in [1.82, 2.24) is 10.2 Å². The minimum atomic E-state index is -0.733. The van der Waals surface area contributed by atoms with Gasteiger partial charge in [0.1, 0.15) is 23.6 Å². The number of likely N-dealkylation sites (tertiary alicyclic amines) is 1. The van der Waals surface area contributed by atoms with Crippen LogP contribution in [0.5, 0.6) is 11.5 Å². The number of alkyl carbamates (subject to hydrolysis) is 1. The SMILES string of the molecule is CN1CCC[C@@H]1COc1cccc(CNc2ccc(Cl)cc2C(=O)Nc2ccc(C(=N)NC(=O)OC(C)(C)C)cc2)c1OCC(=O)OC(C)(C)C. The molecule has 1 saturated heterocycles. The Morgan fingerprint density at radius 1 is 0.941 bits per heavy atom. The second-order valence-corrected chi connectivity index (χ2v) is 14.7. The van der Waals surface area contributed by atoms with E-state index in [-0.39, 0.29) is 25.0 Å². The van der Waals surface area contributed by atoms with E-state index < -0.39 is 29.2 Å². The van der Waals surface area contributed by atoms with Crippen LogP contribution in [0, 0.1) is 5.41 Å². The van der Waals surface area contributed by atoms with Crippen molar-refractivity contribution in [3.63, 3.8) is 0 Å². The van der Waals surface area contributed by atoms with Crippen LogP contribution in [0.2, 0.25) is 5.02 Å². The maximum atomic E-state index is 13.5. The molecule has 3 aromatic rings. The molecule has 13 heteroatoms. The van der Waals surface area contributed by atoms with Crippen molar-refractivity contribution >= 4 is 46.8 Å². The highest BCUT2D eigenvalue weighted by atomic mass is 35.5. The Labute approximate surface area is 304 Å². The average molecular weight is 722 g/mol. The number of amidine groups is 1. The van der Waals surface area contributed by atoms with Gasteiger partial charge in [0, 0.05) is 40.1 Å². The number of para-hydroxylation sites is 1. The molecule has 4 N–H and O–H groups in total. The summed E-state index contributed by atoms with van der Waals surface area (Å²) < 4.78 is 23.0. The molecule has 0 spiro atoms. The van der Waals surface area contributed by atoms with Crippen molar-refractivity contribution in [2.75, 3.05) is 37.4 Å². The highest BCUT2D eigenvalue weighted by Crippen LogP contribution is 2.34. The first-order valence-corrected chi connectivity index (χ1v) is 17.2. The minimum absolute atomic E-state index is 0.141. The van der Waals surface area contributed by atoms with Gasteiger partial charge in [0.25, 0.3) is 5.91 Å². The summed E-state index contributed by atoms with van der Waals surface area (Å²) in [4.78, 5) is 40.4. The number of carbonyl (C=O) groups is 3. The van der Waals surface area contributed by atoms with E-state index in [1.54, 1.807) is 84.0 Å². The van der Waals surface area contributed by atoms with Gasteiger partial charge in [-0.15, -0.1) is 0 Å². The van der Waals surface area contributed by atoms with E-state index >= 15 is 0 Å². The van der Waals surface area contributed by atoms with Gasteiger partial charge in [0.05, 0.1) is 5.56 Å². The number of halogens is 1. The summed E-state index contributed by atoms with van der Waals surface area (Å²) in [5, 5.41) is 17.2. The van der Waals surface area contributed by atoms with Crippen molar-refractivity contribution < 1.29 is 33.3 Å². The Morgan fingerprint density at radius 3 is 2.29 bits per heavy atom. The molecule has 274 valence electrons. The summed E-state index contributed by atoms with van der Waals surface area (Å²) >= 11 is 6.32. The Kier molecular flexibility index (Phi) is 12.9. The molecule has 0 aliphatic carbocycles. The number of likely N-dealkylation sites (N-methyl/N-ethyl adjacent to an activating group) is 1. The van der Waals surface area contributed by atoms with Gasteiger partial charge in [-0.1, -0.05) is 23.7 Å². The van der Waals surface area contributed by atoms with E-state index in [2.05, 4.69) is 27.9 Å². The zero-order valence-electron chi connectivity index (χ0n) is 30.3. The van der Waals surface area contributed by atoms with Gasteiger partial charge in [-0.2, -0.15) is 0 Å². The van der Waals surface area contributed by atoms with Crippen molar-refractivity contribution in [1.29, 1.82) is 5.41 Å². The molecule has 0 aromatic heterocycles. The quantitative estimate of drug-likeness (QED) is 0.0861. The molecular weight excluding hydrogens is 674 g/mol. The summed E-state index contributed by atoms with van der Waals surface area (Å²) in [6.07, 6.45) is 1.41. The number of nitrogens with zero attached hydrogens (tertiary/aromatic N) is 1. The molecule has 2 amide bonds. The smallest absolute Gasteiger partial charge is 0.413 e. The molecule has 0 unspecified atom stereocenters. The number of rotatable bonds is 12. The molecule has 1 atom stereocenters. The fourth-order valence-electron chi connectivity index (χ4n) is 5.30. The second kappa shape index (κ2) is 16.9. The molecule has 1 fully saturated rings. The van der Waals surface area contributed by atoms with E-state index in [0.717, 1.165) is 19.4 Å². The lowest BCUT2D eigenvalue weighted by Crippen LogP contribution is -2.36. The highest BCUT2D eigenvalue weighted by molar-refractivity contribution is 6.31. The van der Waals surface area contributed by atoms with Gasteiger partial charge >= 0.3 is 12.1 Å². The zero-order valence-corrected chi connectivity index (χ0v) is 31.0. The molecule has 12 nitrogen and oxygen atoms in total. The van der Waals surface area contributed by atoms with Gasteiger partial charge in [0.2, 0.25) is 0 Å². The lowest BCUT2D eigenvalue weighted by atomic mass is 10.1. The van der Waals surface area contributed by atoms with E-state index in [0.29, 0.717) is 51.2 Å². The number of esters is 1. The number of nitrogens with one attached hydrogen (secondary N) is 4. The number of ether oxygens (including phenoxy) is 4. The third-order valence-electron chi connectivity index (χ3n) is 7.67. The van der Waals surface area contributed by atoms with Crippen LogP contribution in [0.4, 0.5) is 16.2 Å². The number of anilines is 2. The first kappa shape index (κ1) is 39.0. The Bertz CT molecular complexity index is 1720. The van der Waals surface area contributed by atoms with Crippen LogP contribution in [-0.4, -0.2) is 72.8 Å². The Hall–Kier alpha value is -4.81. The van der Waals surface area contributed by atoms with Crippen LogP contribution < -0.4 is 25.4 Å². The number of hydrogen-bond acceptors (Lipinski definition) is 10. The maximum Gasteiger partial charge on any atom is 0.413 e. The number of benzene rings is 3. The second-order valence-electron chi connectivity index (χ2n) is 14.3. The molecule has 1 heterocycles. The van der Waals surface area contributed by atoms with Crippen molar-refractivity contribution in [2.24, 2.45) is 0 Å². The summed E-state index contributed by atoms with van der Waals surface area (Å²) in [7, 11) is 2.08. The lowest BCUT2D eigenvalue weighted by Gasteiger charge is -2.23. The predicted octanol–water partition coefficient (Wildman–Crippen LogP) is 7.25. The van der Waals surface area contributed by atoms with Gasteiger partial charge in [-0.25, -0.2) is 9.59 Å². The molecule has 0 radical (unpaired) electrons. The monoisotopic (exact) mass is 721 g/mol. The molecule has 0 saturated carbocycles. The summed E-state index contributed by atoms with van der Waals surface area (Å²) in [5.41, 5.74) is 1.03. The normalized spacial score (nSPS) is 14.7. The summed E-state index contributed by atoms with van der Waals surface area (Å²) in [5.74, 6) is -0.159. The standard InChI is InChI=1S/C38H48ClN5O7/c1-37(2,3)50-32(45)23-49-33-25(10-8-12-31(33)48-22-28-11-9-19-44(28)7)21-41-30-18-15-26(39)20-29(30)35(46)42-27-16-13-24(14-17-27)34(40)43-36(47)51-38(4,5)6/h8,10,12-18,20,28,41H,9,11,19,21-23H2,1-7H3,(H,42,46)(H2,40,43,47)/t28-/m1/s1. The maximum absolute atomic E-state index is 13.5. The largest absolute Gasteiger partial charge is 0.488 e. The molecular formula is C38H48ClN5O7. The fourth-order valence-corrected chi connectivity index (χ4v) is 5.47. The fraction of sp³-hybridized carbons (Fsp3) is 0.421.